The molecule has 7 nitrogen and oxygen atoms in total. The van der Waals surface area contributed by atoms with Crippen molar-refractivity contribution in [3.63, 3.8) is 0 Å². The molecule has 4 rings (SSSR count). The first-order chi connectivity index (χ1) is 17.4. The van der Waals surface area contributed by atoms with Crippen molar-refractivity contribution in [1.82, 2.24) is 4.98 Å². The first-order valence-corrected chi connectivity index (χ1v) is 11.8. The Bertz CT molecular complexity index is 1370. The van der Waals surface area contributed by atoms with Gasteiger partial charge < -0.3 is 19.5 Å². The molecule has 2 aromatic carbocycles. The zero-order valence-electron chi connectivity index (χ0n) is 21.1. The minimum Gasteiger partial charge on any atom is -0.496 e. The molecule has 0 bridgehead atoms. The molecule has 3 aromatic rings. The van der Waals surface area contributed by atoms with E-state index < -0.39 is 11.9 Å². The summed E-state index contributed by atoms with van der Waals surface area (Å²) in [5.74, 6) is -0.110. The Hall–Kier alpha value is -4.31. The molecule has 2 heterocycles. The van der Waals surface area contributed by atoms with Crippen LogP contribution in [0.5, 0.6) is 11.6 Å². The van der Waals surface area contributed by atoms with E-state index in [1.807, 2.05) is 58.0 Å². The van der Waals surface area contributed by atoms with Gasteiger partial charge >= 0.3 is 5.97 Å². The topological polar surface area (TPSA) is 93.5 Å². The number of anilines is 1. The molecule has 0 saturated carbocycles. The molecule has 1 unspecified atom stereocenters. The molecule has 0 aliphatic carbocycles. The summed E-state index contributed by atoms with van der Waals surface area (Å²) in [5.41, 5.74) is 6.79. The standard InChI is InChI=1S/C29H29N3O4/c1-6-35-28-26-25(22-12-11-21(14-30)13-23(22)34-5)24(19(4)32-27(26)18(3)15-31-28)29(33)36-16-20-9-7-17(2)8-10-20/h7-13,15,25,32H,6,16H2,1-5H3. The zero-order valence-corrected chi connectivity index (χ0v) is 21.1. The van der Waals surface area contributed by atoms with E-state index in [0.29, 0.717) is 40.6 Å². The summed E-state index contributed by atoms with van der Waals surface area (Å²) in [7, 11) is 1.55. The number of allylic oxidation sites excluding steroid dienone is 1. The average Bonchev–Trinajstić information content (AvgIpc) is 2.89. The highest BCUT2D eigenvalue weighted by molar-refractivity contribution is 5.95. The van der Waals surface area contributed by atoms with Crippen LogP contribution in [0.4, 0.5) is 5.69 Å². The van der Waals surface area contributed by atoms with E-state index in [4.69, 9.17) is 14.2 Å². The van der Waals surface area contributed by atoms with Crippen molar-refractivity contribution < 1.29 is 19.0 Å². The molecule has 1 aliphatic heterocycles. The lowest BCUT2D eigenvalue weighted by Gasteiger charge is -2.32. The third-order valence-electron chi connectivity index (χ3n) is 6.23. The van der Waals surface area contributed by atoms with Gasteiger partial charge in [-0.2, -0.15) is 5.26 Å². The molecule has 1 N–H and O–H groups in total. The Labute approximate surface area is 211 Å². The number of methoxy groups -OCH3 is 1. The molecule has 184 valence electrons. The number of pyridine rings is 1. The molecule has 0 fully saturated rings. The number of rotatable bonds is 7. The van der Waals surface area contributed by atoms with Crippen molar-refractivity contribution in [1.29, 1.82) is 5.26 Å². The summed E-state index contributed by atoms with van der Waals surface area (Å²) in [4.78, 5) is 18.2. The lowest BCUT2D eigenvalue weighted by Crippen LogP contribution is -2.26. The third-order valence-corrected chi connectivity index (χ3v) is 6.23. The van der Waals surface area contributed by atoms with Crippen LogP contribution in [0, 0.1) is 25.2 Å². The zero-order chi connectivity index (χ0) is 25.8. The Morgan fingerprint density at radius 1 is 1.14 bits per heavy atom. The molecule has 7 heteroatoms. The highest BCUT2D eigenvalue weighted by Gasteiger charge is 2.38. The van der Waals surface area contributed by atoms with E-state index in [1.54, 1.807) is 25.4 Å². The van der Waals surface area contributed by atoms with Gasteiger partial charge in [0.15, 0.2) is 0 Å². The van der Waals surface area contributed by atoms with Gasteiger partial charge in [0.1, 0.15) is 12.4 Å². The number of fused-ring (bicyclic) bond motifs is 1. The van der Waals surface area contributed by atoms with Crippen LogP contribution >= 0.6 is 0 Å². The second-order valence-corrected chi connectivity index (χ2v) is 8.70. The van der Waals surface area contributed by atoms with Gasteiger partial charge in [0.2, 0.25) is 5.88 Å². The monoisotopic (exact) mass is 483 g/mol. The number of ether oxygens (including phenoxy) is 3. The van der Waals surface area contributed by atoms with Gasteiger partial charge in [-0.1, -0.05) is 35.9 Å². The average molecular weight is 484 g/mol. The van der Waals surface area contributed by atoms with Gasteiger partial charge in [-0.05, 0) is 51.0 Å². The number of benzene rings is 2. The number of nitrogens with one attached hydrogen (secondary N) is 1. The van der Waals surface area contributed by atoms with E-state index >= 15 is 0 Å². The van der Waals surface area contributed by atoms with Crippen molar-refractivity contribution in [2.45, 2.75) is 40.2 Å². The molecule has 0 amide bonds. The number of esters is 1. The Morgan fingerprint density at radius 2 is 1.89 bits per heavy atom. The van der Waals surface area contributed by atoms with E-state index in [1.165, 1.54) is 0 Å². The number of aryl methyl sites for hydroxylation is 2. The number of carbonyl (C=O) groups excluding carboxylic acids is 1. The normalized spacial score (nSPS) is 14.4. The quantitative estimate of drug-likeness (QED) is 0.440. The maximum Gasteiger partial charge on any atom is 0.337 e. The first kappa shape index (κ1) is 24.8. The van der Waals surface area contributed by atoms with Gasteiger partial charge in [-0.15, -0.1) is 0 Å². The van der Waals surface area contributed by atoms with Gasteiger partial charge in [0.25, 0.3) is 0 Å². The van der Waals surface area contributed by atoms with Gasteiger partial charge in [0, 0.05) is 17.5 Å². The predicted molar refractivity (Wildman–Crippen MR) is 137 cm³/mol. The third kappa shape index (κ3) is 4.76. The van der Waals surface area contributed by atoms with Crippen molar-refractivity contribution in [2.75, 3.05) is 19.0 Å². The fraction of sp³-hybridized carbons (Fsp3) is 0.276. The molecule has 36 heavy (non-hydrogen) atoms. The van der Waals surface area contributed by atoms with Gasteiger partial charge in [-0.3, -0.25) is 0 Å². The van der Waals surface area contributed by atoms with Crippen LogP contribution in [0.2, 0.25) is 0 Å². The summed E-state index contributed by atoms with van der Waals surface area (Å²) in [6, 6.07) is 15.2. The molecule has 0 saturated heterocycles. The largest absolute Gasteiger partial charge is 0.496 e. The van der Waals surface area contributed by atoms with E-state index in [0.717, 1.165) is 27.9 Å². The van der Waals surface area contributed by atoms with Crippen LogP contribution in [0.25, 0.3) is 0 Å². The lowest BCUT2D eigenvalue weighted by atomic mass is 9.79. The highest BCUT2D eigenvalue weighted by atomic mass is 16.5. The number of nitriles is 1. The number of aromatic nitrogens is 1. The van der Waals surface area contributed by atoms with Crippen molar-refractivity contribution in [3.8, 4) is 17.7 Å². The van der Waals surface area contributed by atoms with Crippen molar-refractivity contribution >= 4 is 11.7 Å². The van der Waals surface area contributed by atoms with Crippen molar-refractivity contribution in [2.24, 2.45) is 0 Å². The Balaban J connectivity index is 1.85. The Morgan fingerprint density at radius 3 is 2.56 bits per heavy atom. The summed E-state index contributed by atoms with van der Waals surface area (Å²) in [6.45, 7) is 8.26. The van der Waals surface area contributed by atoms with Crippen LogP contribution < -0.4 is 14.8 Å². The van der Waals surface area contributed by atoms with E-state index in [-0.39, 0.29) is 6.61 Å². The minimum absolute atomic E-state index is 0.143. The van der Waals surface area contributed by atoms with Gasteiger partial charge in [-0.25, -0.2) is 9.78 Å². The number of carbonyl (C=O) groups is 1. The number of nitrogens with zero attached hydrogens (tertiary/aromatic N) is 2. The molecule has 1 aliphatic rings. The summed E-state index contributed by atoms with van der Waals surface area (Å²) in [5, 5.41) is 12.8. The number of hydrogen-bond acceptors (Lipinski definition) is 7. The van der Waals surface area contributed by atoms with Crippen LogP contribution in [-0.4, -0.2) is 24.7 Å². The fourth-order valence-electron chi connectivity index (χ4n) is 4.42. The first-order valence-electron chi connectivity index (χ1n) is 11.8. The molecule has 0 radical (unpaired) electrons. The summed E-state index contributed by atoms with van der Waals surface area (Å²) < 4.78 is 17.4. The highest BCUT2D eigenvalue weighted by Crippen LogP contribution is 2.49. The molecular formula is C29H29N3O4. The fourth-order valence-corrected chi connectivity index (χ4v) is 4.42. The maximum atomic E-state index is 13.6. The van der Waals surface area contributed by atoms with Crippen LogP contribution in [0.1, 0.15) is 53.1 Å². The lowest BCUT2D eigenvalue weighted by molar-refractivity contribution is -0.140. The Kier molecular flexibility index (Phi) is 7.25. The van der Waals surface area contributed by atoms with E-state index in [2.05, 4.69) is 16.4 Å². The smallest absolute Gasteiger partial charge is 0.337 e. The molecule has 0 spiro atoms. The molecule has 1 aromatic heterocycles. The molecule has 1 atom stereocenters. The van der Waals surface area contributed by atoms with Crippen LogP contribution in [0.3, 0.4) is 0 Å². The summed E-state index contributed by atoms with van der Waals surface area (Å²) >= 11 is 0. The van der Waals surface area contributed by atoms with Crippen LogP contribution in [-0.2, 0) is 16.1 Å². The number of hydrogen-bond donors (Lipinski definition) is 1. The van der Waals surface area contributed by atoms with E-state index in [9.17, 15) is 10.1 Å². The second kappa shape index (κ2) is 10.5. The summed E-state index contributed by atoms with van der Waals surface area (Å²) in [6.07, 6.45) is 1.75. The van der Waals surface area contributed by atoms with Crippen LogP contribution in [0.15, 0.2) is 59.9 Å². The predicted octanol–water partition coefficient (Wildman–Crippen LogP) is 5.55. The van der Waals surface area contributed by atoms with Gasteiger partial charge in [0.05, 0.1) is 48.1 Å². The maximum absolute atomic E-state index is 13.6. The second-order valence-electron chi connectivity index (χ2n) is 8.70. The molecular weight excluding hydrogens is 454 g/mol. The van der Waals surface area contributed by atoms with Crippen molar-refractivity contribution in [3.05, 3.63) is 93.3 Å². The SMILES string of the molecule is CCOc1ncc(C)c2c1C(c1ccc(C#N)cc1OC)C(C(=O)OCc1ccc(C)cc1)=C(C)N2. The minimum atomic E-state index is -0.580.